The van der Waals surface area contributed by atoms with E-state index >= 15 is 0 Å². The maximum atomic E-state index is 12.7. The average Bonchev–Trinajstić information content (AvgIpc) is 2.95. The highest BCUT2D eigenvalue weighted by molar-refractivity contribution is 5.79. The Balaban J connectivity index is 1.72. The first-order valence-electron chi connectivity index (χ1n) is 7.96. The summed E-state index contributed by atoms with van der Waals surface area (Å²) < 4.78 is 11.3. The summed E-state index contributed by atoms with van der Waals surface area (Å²) in [4.78, 5) is 15.1. The largest absolute Gasteiger partial charge is 0.459 e. The summed E-state index contributed by atoms with van der Waals surface area (Å²) in [6, 6.07) is 10.4. The van der Waals surface area contributed by atoms with Crippen LogP contribution in [0.15, 0.2) is 30.3 Å². The molecule has 2 aliphatic rings. The van der Waals surface area contributed by atoms with Crippen LogP contribution in [0.25, 0.3) is 0 Å². The standard InChI is InChI=1S/C18H25NO3/c1-17(2,3)22-16(20)18-12-19(10-15(18)11-21-13-18)9-14-7-5-4-6-8-14/h4-8,15H,9-13H2,1-3H3/t15-,18-/m1/s1. The van der Waals surface area contributed by atoms with E-state index in [1.165, 1.54) is 5.56 Å². The van der Waals surface area contributed by atoms with Crippen molar-refractivity contribution in [2.45, 2.75) is 32.9 Å². The SMILES string of the molecule is CC(C)(C)OC(=O)[C@]12COC[C@H]1CN(Cc1ccccc1)C2. The molecule has 0 N–H and O–H groups in total. The van der Waals surface area contributed by atoms with Crippen LogP contribution in [-0.4, -0.2) is 42.8 Å². The van der Waals surface area contributed by atoms with Gasteiger partial charge in [0.15, 0.2) is 0 Å². The Labute approximate surface area is 132 Å². The lowest BCUT2D eigenvalue weighted by molar-refractivity contribution is -0.168. The molecule has 3 rings (SSSR count). The van der Waals surface area contributed by atoms with Crippen molar-refractivity contribution in [3.8, 4) is 0 Å². The number of benzene rings is 1. The molecule has 1 aromatic rings. The third-order valence-corrected chi connectivity index (χ3v) is 4.50. The summed E-state index contributed by atoms with van der Waals surface area (Å²) in [5.41, 5.74) is 0.344. The maximum absolute atomic E-state index is 12.7. The van der Waals surface area contributed by atoms with Gasteiger partial charge in [0.05, 0.1) is 13.2 Å². The Hall–Kier alpha value is -1.39. The van der Waals surface area contributed by atoms with E-state index in [1.807, 2.05) is 26.8 Å². The second-order valence-electron chi connectivity index (χ2n) is 7.53. The molecule has 0 unspecified atom stereocenters. The summed E-state index contributed by atoms with van der Waals surface area (Å²) >= 11 is 0. The van der Waals surface area contributed by atoms with Gasteiger partial charge < -0.3 is 9.47 Å². The van der Waals surface area contributed by atoms with Crippen LogP contribution >= 0.6 is 0 Å². The van der Waals surface area contributed by atoms with Crippen molar-refractivity contribution in [2.24, 2.45) is 11.3 Å². The van der Waals surface area contributed by atoms with Crippen molar-refractivity contribution in [1.82, 2.24) is 4.90 Å². The van der Waals surface area contributed by atoms with E-state index in [9.17, 15) is 4.79 Å². The third kappa shape index (κ3) is 3.03. The molecule has 22 heavy (non-hydrogen) atoms. The summed E-state index contributed by atoms with van der Waals surface area (Å²) in [5.74, 6) is 0.143. The van der Waals surface area contributed by atoms with Crippen molar-refractivity contribution in [3.05, 3.63) is 35.9 Å². The Bertz CT molecular complexity index is 537. The average molecular weight is 303 g/mol. The van der Waals surface area contributed by atoms with E-state index in [2.05, 4.69) is 29.2 Å². The molecule has 2 saturated heterocycles. The van der Waals surface area contributed by atoms with Gasteiger partial charge in [-0.25, -0.2) is 0 Å². The molecule has 2 heterocycles. The van der Waals surface area contributed by atoms with E-state index in [0.29, 0.717) is 13.2 Å². The Morgan fingerprint density at radius 1 is 1.36 bits per heavy atom. The van der Waals surface area contributed by atoms with E-state index in [0.717, 1.165) is 19.6 Å². The molecule has 0 radical (unpaired) electrons. The number of fused-ring (bicyclic) bond motifs is 1. The molecule has 4 nitrogen and oxygen atoms in total. The number of nitrogens with zero attached hydrogens (tertiary/aromatic N) is 1. The van der Waals surface area contributed by atoms with Gasteiger partial charge in [0.2, 0.25) is 0 Å². The van der Waals surface area contributed by atoms with Crippen molar-refractivity contribution in [1.29, 1.82) is 0 Å². The monoisotopic (exact) mass is 303 g/mol. The first kappa shape index (κ1) is 15.5. The molecule has 2 fully saturated rings. The molecule has 0 spiro atoms. The number of rotatable bonds is 3. The van der Waals surface area contributed by atoms with Crippen LogP contribution < -0.4 is 0 Å². The zero-order chi connectivity index (χ0) is 15.8. The second-order valence-corrected chi connectivity index (χ2v) is 7.53. The van der Waals surface area contributed by atoms with Crippen molar-refractivity contribution in [3.63, 3.8) is 0 Å². The molecular weight excluding hydrogens is 278 g/mol. The smallest absolute Gasteiger partial charge is 0.316 e. The van der Waals surface area contributed by atoms with Gasteiger partial charge in [-0.05, 0) is 26.3 Å². The first-order valence-corrected chi connectivity index (χ1v) is 7.96. The maximum Gasteiger partial charge on any atom is 0.316 e. The summed E-state index contributed by atoms with van der Waals surface area (Å²) in [6.07, 6.45) is 0. The van der Waals surface area contributed by atoms with Gasteiger partial charge in [0.1, 0.15) is 11.0 Å². The molecule has 0 aliphatic carbocycles. The normalized spacial score (nSPS) is 28.6. The van der Waals surface area contributed by atoms with Crippen LogP contribution in [0, 0.1) is 11.3 Å². The quantitative estimate of drug-likeness (QED) is 0.804. The highest BCUT2D eigenvalue weighted by Gasteiger charge is 2.57. The fourth-order valence-corrected chi connectivity index (χ4v) is 3.47. The van der Waals surface area contributed by atoms with Crippen molar-refractivity contribution < 1.29 is 14.3 Å². The molecular formula is C18H25NO3. The molecule has 1 aromatic carbocycles. The van der Waals surface area contributed by atoms with E-state index in [-0.39, 0.29) is 11.9 Å². The third-order valence-electron chi connectivity index (χ3n) is 4.50. The van der Waals surface area contributed by atoms with Gasteiger partial charge >= 0.3 is 5.97 Å². The predicted octanol–water partition coefficient (Wildman–Crippen LogP) is 2.48. The van der Waals surface area contributed by atoms with Gasteiger partial charge in [-0.2, -0.15) is 0 Å². The zero-order valence-corrected chi connectivity index (χ0v) is 13.7. The molecule has 4 heteroatoms. The topological polar surface area (TPSA) is 38.8 Å². The van der Waals surface area contributed by atoms with Crippen LogP contribution in [0.4, 0.5) is 0 Å². The minimum atomic E-state index is -0.484. The molecule has 120 valence electrons. The molecule has 2 atom stereocenters. The number of likely N-dealkylation sites (tertiary alicyclic amines) is 1. The van der Waals surface area contributed by atoms with Crippen LogP contribution in [0.3, 0.4) is 0 Å². The predicted molar refractivity (Wildman–Crippen MR) is 84.3 cm³/mol. The fraction of sp³-hybridized carbons (Fsp3) is 0.611. The molecule has 0 aromatic heterocycles. The van der Waals surface area contributed by atoms with E-state index in [4.69, 9.17) is 9.47 Å². The van der Waals surface area contributed by atoms with Gasteiger partial charge in [0.25, 0.3) is 0 Å². The van der Waals surface area contributed by atoms with E-state index < -0.39 is 11.0 Å². The highest BCUT2D eigenvalue weighted by Crippen LogP contribution is 2.43. The zero-order valence-electron chi connectivity index (χ0n) is 13.7. The fourth-order valence-electron chi connectivity index (χ4n) is 3.47. The number of hydrogen-bond donors (Lipinski definition) is 0. The number of carbonyl (C=O) groups excluding carboxylic acids is 1. The van der Waals surface area contributed by atoms with Crippen LogP contribution in [-0.2, 0) is 20.8 Å². The highest BCUT2D eigenvalue weighted by atomic mass is 16.6. The number of ether oxygens (including phenoxy) is 2. The Morgan fingerprint density at radius 3 is 2.77 bits per heavy atom. The van der Waals surface area contributed by atoms with Gasteiger partial charge in [-0.15, -0.1) is 0 Å². The lowest BCUT2D eigenvalue weighted by Gasteiger charge is -2.30. The van der Waals surface area contributed by atoms with Gasteiger partial charge in [0, 0.05) is 25.6 Å². The van der Waals surface area contributed by atoms with Gasteiger partial charge in [-0.1, -0.05) is 30.3 Å². The number of esters is 1. The molecule has 2 aliphatic heterocycles. The van der Waals surface area contributed by atoms with Crippen molar-refractivity contribution in [2.75, 3.05) is 26.3 Å². The minimum absolute atomic E-state index is 0.0990. The molecule has 0 saturated carbocycles. The summed E-state index contributed by atoms with van der Waals surface area (Å²) in [6.45, 7) is 9.40. The van der Waals surface area contributed by atoms with Crippen LogP contribution in [0.1, 0.15) is 26.3 Å². The molecule has 0 bridgehead atoms. The lowest BCUT2D eigenvalue weighted by atomic mass is 9.81. The lowest BCUT2D eigenvalue weighted by Crippen LogP contribution is -2.43. The minimum Gasteiger partial charge on any atom is -0.459 e. The second kappa shape index (κ2) is 5.67. The molecule has 0 amide bonds. The van der Waals surface area contributed by atoms with E-state index in [1.54, 1.807) is 0 Å². The van der Waals surface area contributed by atoms with Gasteiger partial charge in [-0.3, -0.25) is 9.69 Å². The van der Waals surface area contributed by atoms with Crippen molar-refractivity contribution >= 4 is 5.97 Å². The number of hydrogen-bond acceptors (Lipinski definition) is 4. The number of carbonyl (C=O) groups is 1. The summed E-state index contributed by atoms with van der Waals surface area (Å²) in [5, 5.41) is 0. The van der Waals surface area contributed by atoms with Crippen LogP contribution in [0.5, 0.6) is 0 Å². The Morgan fingerprint density at radius 2 is 2.09 bits per heavy atom. The first-order chi connectivity index (χ1) is 10.4. The Kier molecular flexibility index (Phi) is 4.00. The summed E-state index contributed by atoms with van der Waals surface area (Å²) in [7, 11) is 0. The van der Waals surface area contributed by atoms with Crippen LogP contribution in [0.2, 0.25) is 0 Å².